The van der Waals surface area contributed by atoms with E-state index in [1.807, 2.05) is 6.92 Å². The number of aliphatic carboxylic acids is 1. The summed E-state index contributed by atoms with van der Waals surface area (Å²) in [5, 5.41) is 9.90. The molecule has 4 aliphatic carbocycles. The van der Waals surface area contributed by atoms with Gasteiger partial charge in [0.25, 0.3) is 0 Å². The van der Waals surface area contributed by atoms with Gasteiger partial charge < -0.3 is 5.11 Å². The van der Waals surface area contributed by atoms with E-state index >= 15 is 0 Å². The van der Waals surface area contributed by atoms with Gasteiger partial charge in [0.15, 0.2) is 0 Å². The largest absolute Gasteiger partial charge is 0.481 e. The molecule has 4 rings (SSSR count). The van der Waals surface area contributed by atoms with Crippen molar-refractivity contribution in [3.05, 3.63) is 12.2 Å². The van der Waals surface area contributed by atoms with Crippen molar-refractivity contribution in [3.8, 4) is 0 Å². The summed E-state index contributed by atoms with van der Waals surface area (Å²) in [5.74, 6) is 0.506. The summed E-state index contributed by atoms with van der Waals surface area (Å²) in [6.07, 6.45) is 14.5. The van der Waals surface area contributed by atoms with Crippen molar-refractivity contribution in [2.24, 2.45) is 33.5 Å². The third-order valence-corrected chi connectivity index (χ3v) is 8.41. The molecule has 122 valence electrons. The molecule has 1 spiro atoms. The number of rotatable bonds is 1. The predicted octanol–water partition coefficient (Wildman–Crippen LogP) is 5.04. The summed E-state index contributed by atoms with van der Waals surface area (Å²) in [4.78, 5) is 12.0. The van der Waals surface area contributed by atoms with Crippen molar-refractivity contribution in [1.82, 2.24) is 0 Å². The van der Waals surface area contributed by atoms with Gasteiger partial charge in [-0.3, -0.25) is 4.79 Å². The number of hydrogen-bond acceptors (Lipinski definition) is 1. The number of carbonyl (C=O) groups is 1. The number of carboxylic acids is 1. The zero-order chi connectivity index (χ0) is 15.8. The van der Waals surface area contributed by atoms with Crippen molar-refractivity contribution in [2.75, 3.05) is 0 Å². The van der Waals surface area contributed by atoms with E-state index in [0.29, 0.717) is 22.7 Å². The zero-order valence-corrected chi connectivity index (χ0v) is 14.3. The van der Waals surface area contributed by atoms with E-state index in [2.05, 4.69) is 26.0 Å². The van der Waals surface area contributed by atoms with Crippen LogP contribution in [0.25, 0.3) is 0 Å². The first-order valence-electron chi connectivity index (χ1n) is 9.18. The van der Waals surface area contributed by atoms with Crippen LogP contribution >= 0.6 is 0 Å². The summed E-state index contributed by atoms with van der Waals surface area (Å²) in [7, 11) is 0. The normalized spacial score (nSPS) is 56.3. The van der Waals surface area contributed by atoms with Crippen molar-refractivity contribution >= 4 is 5.97 Å². The molecule has 2 bridgehead atoms. The molecule has 0 amide bonds. The second kappa shape index (κ2) is 4.19. The molecule has 0 aliphatic heterocycles. The predicted molar refractivity (Wildman–Crippen MR) is 87.4 cm³/mol. The molecule has 22 heavy (non-hydrogen) atoms. The van der Waals surface area contributed by atoms with Crippen molar-refractivity contribution in [1.29, 1.82) is 0 Å². The van der Waals surface area contributed by atoms with Gasteiger partial charge in [0.1, 0.15) is 0 Å². The maximum absolute atomic E-state index is 12.0. The zero-order valence-electron chi connectivity index (χ0n) is 14.3. The molecule has 6 atom stereocenters. The van der Waals surface area contributed by atoms with Crippen LogP contribution in [0.5, 0.6) is 0 Å². The van der Waals surface area contributed by atoms with Crippen molar-refractivity contribution < 1.29 is 9.90 Å². The topological polar surface area (TPSA) is 37.3 Å². The maximum atomic E-state index is 12.0. The van der Waals surface area contributed by atoms with Gasteiger partial charge in [-0.05, 0) is 80.0 Å². The van der Waals surface area contributed by atoms with Crippen LogP contribution in [0.15, 0.2) is 12.2 Å². The minimum atomic E-state index is -0.554. The Morgan fingerprint density at radius 2 is 1.73 bits per heavy atom. The summed E-state index contributed by atoms with van der Waals surface area (Å²) in [6, 6.07) is 0. The molecule has 3 saturated carbocycles. The quantitative estimate of drug-likeness (QED) is 0.689. The third-order valence-electron chi connectivity index (χ3n) is 8.41. The van der Waals surface area contributed by atoms with Crippen molar-refractivity contribution in [2.45, 2.75) is 72.1 Å². The van der Waals surface area contributed by atoms with Gasteiger partial charge in [0.2, 0.25) is 0 Å². The van der Waals surface area contributed by atoms with E-state index in [4.69, 9.17) is 0 Å². The molecule has 0 aromatic heterocycles. The Labute approximate surface area is 134 Å². The number of carboxylic acid groups (broad SMARTS) is 1. The molecule has 2 nitrogen and oxygen atoms in total. The van der Waals surface area contributed by atoms with Crippen LogP contribution in [-0.4, -0.2) is 11.1 Å². The minimum absolute atomic E-state index is 0.222. The Morgan fingerprint density at radius 3 is 2.45 bits per heavy atom. The van der Waals surface area contributed by atoms with Gasteiger partial charge in [-0.25, -0.2) is 0 Å². The summed E-state index contributed by atoms with van der Waals surface area (Å²) >= 11 is 0. The molecule has 4 aliphatic rings. The van der Waals surface area contributed by atoms with E-state index in [1.165, 1.54) is 32.1 Å². The molecular weight excluding hydrogens is 272 g/mol. The first kappa shape index (κ1) is 14.8. The lowest BCUT2D eigenvalue weighted by Gasteiger charge is -2.63. The lowest BCUT2D eigenvalue weighted by molar-refractivity contribution is -0.179. The molecule has 0 radical (unpaired) electrons. The number of allylic oxidation sites excluding steroid dienone is 2. The molecule has 0 aromatic rings. The van der Waals surface area contributed by atoms with E-state index < -0.39 is 11.4 Å². The molecule has 1 N–H and O–H groups in total. The highest BCUT2D eigenvalue weighted by atomic mass is 16.4. The van der Waals surface area contributed by atoms with Crippen LogP contribution in [0, 0.1) is 33.5 Å². The van der Waals surface area contributed by atoms with Gasteiger partial charge in [-0.1, -0.05) is 32.4 Å². The van der Waals surface area contributed by atoms with Crippen LogP contribution in [-0.2, 0) is 4.79 Å². The van der Waals surface area contributed by atoms with E-state index in [1.54, 1.807) is 0 Å². The fourth-order valence-corrected chi connectivity index (χ4v) is 7.39. The SMILES string of the molecule is C[C@]12C=C[C@@]3(CC[C@H]4[C@@](C)(CCC[C@]4(C)C(=O)O)[C@H]3CC1)C2. The Kier molecular flexibility index (Phi) is 2.81. The summed E-state index contributed by atoms with van der Waals surface area (Å²) < 4.78 is 0. The highest BCUT2D eigenvalue weighted by Gasteiger charge is 2.64. The van der Waals surface area contributed by atoms with E-state index in [0.717, 1.165) is 19.3 Å². The fourth-order valence-electron chi connectivity index (χ4n) is 7.39. The van der Waals surface area contributed by atoms with Crippen LogP contribution < -0.4 is 0 Å². The Hall–Kier alpha value is -0.790. The fraction of sp³-hybridized carbons (Fsp3) is 0.850. The molecule has 0 heterocycles. The highest BCUT2D eigenvalue weighted by Crippen LogP contribution is 2.71. The Bertz CT molecular complexity index is 552. The molecule has 0 saturated heterocycles. The summed E-state index contributed by atoms with van der Waals surface area (Å²) in [6.45, 7) is 6.90. The van der Waals surface area contributed by atoms with Crippen LogP contribution in [0.2, 0.25) is 0 Å². The highest BCUT2D eigenvalue weighted by molar-refractivity contribution is 5.75. The second-order valence-electron chi connectivity index (χ2n) is 9.66. The van der Waals surface area contributed by atoms with Gasteiger partial charge in [0.05, 0.1) is 5.41 Å². The molecule has 3 fully saturated rings. The van der Waals surface area contributed by atoms with E-state index in [-0.39, 0.29) is 5.41 Å². The third kappa shape index (κ3) is 1.65. The van der Waals surface area contributed by atoms with Gasteiger partial charge >= 0.3 is 5.97 Å². The van der Waals surface area contributed by atoms with Crippen LogP contribution in [0.3, 0.4) is 0 Å². The Morgan fingerprint density at radius 1 is 1.00 bits per heavy atom. The van der Waals surface area contributed by atoms with Crippen molar-refractivity contribution in [3.63, 3.8) is 0 Å². The van der Waals surface area contributed by atoms with Gasteiger partial charge in [-0.15, -0.1) is 0 Å². The second-order valence-corrected chi connectivity index (χ2v) is 9.66. The van der Waals surface area contributed by atoms with Gasteiger partial charge in [-0.2, -0.15) is 0 Å². The smallest absolute Gasteiger partial charge is 0.309 e. The summed E-state index contributed by atoms with van der Waals surface area (Å²) in [5.41, 5.74) is 0.525. The Balaban J connectivity index is 1.75. The molecular formula is C20H30O2. The van der Waals surface area contributed by atoms with Crippen LogP contribution in [0.4, 0.5) is 0 Å². The van der Waals surface area contributed by atoms with Gasteiger partial charge in [0, 0.05) is 0 Å². The molecule has 0 aromatic carbocycles. The lowest BCUT2D eigenvalue weighted by Crippen LogP contribution is -2.58. The average Bonchev–Trinajstić information content (AvgIpc) is 2.68. The first-order chi connectivity index (χ1) is 10.2. The average molecular weight is 302 g/mol. The van der Waals surface area contributed by atoms with E-state index in [9.17, 15) is 9.90 Å². The minimum Gasteiger partial charge on any atom is -0.481 e. The number of hydrogen-bond donors (Lipinski definition) is 1. The lowest BCUT2D eigenvalue weighted by atomic mass is 9.40. The molecule has 2 heteroatoms. The molecule has 0 unspecified atom stereocenters. The first-order valence-corrected chi connectivity index (χ1v) is 9.18. The standard InChI is InChI=1S/C20H30O2/c1-17-9-5-15-18(2)7-4-8-19(3,16(21)22)14(18)6-10-20(15,13-17)12-11-17/h11-12,14-15H,4-10,13H2,1-3H3,(H,21,22)/t14-,15+,17+,18+,19-,20-/m0/s1. The maximum Gasteiger partial charge on any atom is 0.309 e. The number of fused-ring (bicyclic) bond motifs is 3. The monoisotopic (exact) mass is 302 g/mol. The van der Waals surface area contributed by atoms with Crippen LogP contribution in [0.1, 0.15) is 72.1 Å².